The van der Waals surface area contributed by atoms with Gasteiger partial charge in [0.15, 0.2) is 0 Å². The predicted octanol–water partition coefficient (Wildman–Crippen LogP) is 1.75. The van der Waals surface area contributed by atoms with Crippen LogP contribution in [0.1, 0.15) is 16.1 Å². The second-order valence-corrected chi connectivity index (χ2v) is 7.14. The quantitative estimate of drug-likeness (QED) is 0.573. The molecule has 0 aliphatic rings. The molecule has 0 fully saturated rings. The van der Waals surface area contributed by atoms with E-state index < -0.39 is 32.5 Å². The number of aromatic nitrogens is 2. The highest BCUT2D eigenvalue weighted by Crippen LogP contribution is 2.26. The van der Waals surface area contributed by atoms with Crippen molar-refractivity contribution in [2.24, 2.45) is 0 Å². The number of carboxylic acids is 1. The van der Waals surface area contributed by atoms with Crippen LogP contribution in [0.3, 0.4) is 0 Å². The third-order valence-corrected chi connectivity index (χ3v) is 4.92. The van der Waals surface area contributed by atoms with E-state index in [9.17, 15) is 18.0 Å². The average Bonchev–Trinajstić information content (AvgIpc) is 3.00. The van der Waals surface area contributed by atoms with Crippen LogP contribution in [0, 0.1) is 6.92 Å². The van der Waals surface area contributed by atoms with Crippen LogP contribution < -0.4 is 14.8 Å². The van der Waals surface area contributed by atoms with Gasteiger partial charge in [-0.05, 0) is 25.1 Å². The average molecular weight is 406 g/mol. The number of sulfonamides is 1. The Bertz CT molecular complexity index is 1190. The maximum absolute atomic E-state index is 12.4. The number of furan rings is 1. The maximum Gasteiger partial charge on any atom is 0.337 e. The molecule has 3 rings (SSSR count). The highest BCUT2D eigenvalue weighted by molar-refractivity contribution is 7.90. The van der Waals surface area contributed by atoms with E-state index in [1.165, 1.54) is 19.2 Å². The number of hydrogen-bond acceptors (Lipinski definition) is 8. The molecule has 0 spiro atoms. The van der Waals surface area contributed by atoms with Crippen LogP contribution in [0.2, 0.25) is 0 Å². The first-order valence-electron chi connectivity index (χ1n) is 7.69. The molecule has 0 bridgehead atoms. The van der Waals surface area contributed by atoms with Crippen molar-refractivity contribution < 1.29 is 32.3 Å². The summed E-state index contributed by atoms with van der Waals surface area (Å²) in [5.41, 5.74) is -0.341. The third kappa shape index (κ3) is 3.71. The van der Waals surface area contributed by atoms with E-state index in [4.69, 9.17) is 14.3 Å². The normalized spacial score (nSPS) is 11.2. The Morgan fingerprint density at radius 3 is 2.61 bits per heavy atom. The summed E-state index contributed by atoms with van der Waals surface area (Å²) in [7, 11) is -3.10. The number of carbonyl (C=O) groups is 2. The molecule has 3 N–H and O–H groups in total. The lowest BCUT2D eigenvalue weighted by Crippen LogP contribution is -2.35. The van der Waals surface area contributed by atoms with E-state index >= 15 is 0 Å². The van der Waals surface area contributed by atoms with Crippen molar-refractivity contribution in [3.63, 3.8) is 0 Å². The Morgan fingerprint density at radius 1 is 1.21 bits per heavy atom. The zero-order valence-electron chi connectivity index (χ0n) is 14.6. The van der Waals surface area contributed by atoms with E-state index in [1.807, 2.05) is 0 Å². The zero-order valence-corrected chi connectivity index (χ0v) is 15.4. The number of hydrogen-bond donors (Lipinski definition) is 3. The fourth-order valence-corrected chi connectivity index (χ4v) is 3.52. The minimum Gasteiger partial charge on any atom is -0.480 e. The van der Waals surface area contributed by atoms with Gasteiger partial charge >= 0.3 is 12.0 Å². The Kier molecular flexibility index (Phi) is 4.88. The van der Waals surface area contributed by atoms with Gasteiger partial charge in [-0.3, -0.25) is 5.32 Å². The number of rotatable bonds is 5. The number of anilines is 1. The summed E-state index contributed by atoms with van der Waals surface area (Å²) < 4.78 is 36.9. The number of nitrogens with zero attached hydrogens (tertiary/aromatic N) is 2. The van der Waals surface area contributed by atoms with Gasteiger partial charge in [-0.25, -0.2) is 22.7 Å². The second kappa shape index (κ2) is 7.15. The van der Waals surface area contributed by atoms with E-state index in [1.54, 1.807) is 17.7 Å². The van der Waals surface area contributed by atoms with Gasteiger partial charge in [0.2, 0.25) is 17.5 Å². The van der Waals surface area contributed by atoms with Gasteiger partial charge in [-0.1, -0.05) is 12.1 Å². The second-order valence-electron chi connectivity index (χ2n) is 5.49. The summed E-state index contributed by atoms with van der Waals surface area (Å²) in [5.74, 6) is -1.06. The molecule has 0 aliphatic heterocycles. The molecule has 0 saturated heterocycles. The molecule has 28 heavy (non-hydrogen) atoms. The van der Waals surface area contributed by atoms with E-state index in [2.05, 4.69) is 15.3 Å². The molecule has 3 aromatic rings. The van der Waals surface area contributed by atoms with E-state index in [0.29, 0.717) is 11.1 Å². The molecule has 2 aromatic heterocycles. The van der Waals surface area contributed by atoms with Gasteiger partial charge in [-0.15, -0.1) is 0 Å². The highest BCUT2D eigenvalue weighted by atomic mass is 32.2. The lowest BCUT2D eigenvalue weighted by atomic mass is 10.2. The number of aryl methyl sites for hydroxylation is 1. The van der Waals surface area contributed by atoms with E-state index in [0.717, 1.165) is 12.1 Å². The van der Waals surface area contributed by atoms with Crippen molar-refractivity contribution in [3.8, 4) is 5.88 Å². The molecule has 0 atom stereocenters. The first-order chi connectivity index (χ1) is 13.2. The van der Waals surface area contributed by atoms with Crippen molar-refractivity contribution in [1.29, 1.82) is 0 Å². The molecule has 146 valence electrons. The van der Waals surface area contributed by atoms with Crippen molar-refractivity contribution >= 4 is 39.1 Å². The molecule has 2 heterocycles. The number of aromatic carboxylic acids is 1. The zero-order chi connectivity index (χ0) is 20.5. The number of carboxylic acid groups (broad SMARTS) is 1. The summed E-state index contributed by atoms with van der Waals surface area (Å²) in [6.45, 7) is 1.69. The highest BCUT2D eigenvalue weighted by Gasteiger charge is 2.24. The first kappa shape index (κ1) is 19.1. The summed E-state index contributed by atoms with van der Waals surface area (Å²) in [4.78, 5) is 30.7. The fraction of sp³-hybridized carbons (Fsp3) is 0.125. The molecule has 2 amide bonds. The lowest BCUT2D eigenvalue weighted by molar-refractivity contribution is 0.0692. The third-order valence-electron chi connectivity index (χ3n) is 3.53. The summed E-state index contributed by atoms with van der Waals surface area (Å²) in [6.07, 6.45) is 0. The summed E-state index contributed by atoms with van der Waals surface area (Å²) in [6, 6.07) is 5.32. The minimum absolute atomic E-state index is 0.122. The number of carbonyl (C=O) groups excluding carboxylic acids is 1. The molecule has 12 heteroatoms. The molecule has 0 aliphatic carbocycles. The Labute approximate surface area is 158 Å². The standard InChI is InChI=1S/C16H14N4O7S/c1-8-7-10-12(26-2)17-15(18-13(10)27-8)19-16(23)20-28(24,25)11-6-4-3-5-9(11)14(21)22/h3-7H,1-2H3,(H,21,22)(H2,17,18,19,20,23). The Hall–Kier alpha value is -3.67. The van der Waals surface area contributed by atoms with Crippen LogP contribution in [0.25, 0.3) is 11.1 Å². The summed E-state index contributed by atoms with van der Waals surface area (Å²) >= 11 is 0. The fourth-order valence-electron chi connectivity index (χ4n) is 2.41. The van der Waals surface area contributed by atoms with Gasteiger partial charge in [0, 0.05) is 0 Å². The SMILES string of the molecule is COc1nc(NC(=O)NS(=O)(=O)c2ccccc2C(=O)O)nc2oc(C)cc12. The van der Waals surface area contributed by atoms with Crippen molar-refractivity contribution in [2.45, 2.75) is 11.8 Å². The number of ether oxygens (including phenoxy) is 1. The van der Waals surface area contributed by atoms with E-state index in [-0.39, 0.29) is 17.5 Å². The number of amides is 2. The van der Waals surface area contributed by atoms with Gasteiger partial charge < -0.3 is 14.3 Å². The van der Waals surface area contributed by atoms with Crippen molar-refractivity contribution in [3.05, 3.63) is 41.7 Å². The van der Waals surface area contributed by atoms with Gasteiger partial charge in [0.05, 0.1) is 12.7 Å². The number of nitrogens with one attached hydrogen (secondary N) is 2. The molecule has 11 nitrogen and oxygen atoms in total. The number of benzene rings is 1. The topological polar surface area (TPSA) is 161 Å². The van der Waals surface area contributed by atoms with Gasteiger partial charge in [-0.2, -0.15) is 9.97 Å². The molecular formula is C16H14N4O7S. The maximum atomic E-state index is 12.4. The molecule has 0 unspecified atom stereocenters. The first-order valence-corrected chi connectivity index (χ1v) is 9.18. The lowest BCUT2D eigenvalue weighted by Gasteiger charge is -2.10. The molecule has 1 aromatic carbocycles. The van der Waals surface area contributed by atoms with Crippen LogP contribution in [0.15, 0.2) is 39.6 Å². The number of urea groups is 1. The minimum atomic E-state index is -4.46. The number of methoxy groups -OCH3 is 1. The van der Waals surface area contributed by atoms with Crippen LogP contribution >= 0.6 is 0 Å². The smallest absolute Gasteiger partial charge is 0.337 e. The largest absolute Gasteiger partial charge is 0.480 e. The molecule has 0 saturated carbocycles. The Morgan fingerprint density at radius 2 is 1.93 bits per heavy atom. The van der Waals surface area contributed by atoms with Gasteiger partial charge in [0.25, 0.3) is 10.0 Å². The van der Waals surface area contributed by atoms with Gasteiger partial charge in [0.1, 0.15) is 16.0 Å². The van der Waals surface area contributed by atoms with Crippen LogP contribution in [-0.2, 0) is 10.0 Å². The van der Waals surface area contributed by atoms with Crippen LogP contribution in [0.5, 0.6) is 5.88 Å². The summed E-state index contributed by atoms with van der Waals surface area (Å²) in [5, 5.41) is 11.8. The van der Waals surface area contributed by atoms with Crippen LogP contribution in [-0.4, -0.2) is 42.6 Å². The number of fused-ring (bicyclic) bond motifs is 1. The van der Waals surface area contributed by atoms with Crippen molar-refractivity contribution in [1.82, 2.24) is 14.7 Å². The van der Waals surface area contributed by atoms with Crippen LogP contribution in [0.4, 0.5) is 10.7 Å². The molecule has 0 radical (unpaired) electrons. The monoisotopic (exact) mass is 406 g/mol. The predicted molar refractivity (Wildman–Crippen MR) is 95.8 cm³/mol. The Balaban J connectivity index is 1.86. The molecular weight excluding hydrogens is 392 g/mol. The van der Waals surface area contributed by atoms with Crippen molar-refractivity contribution in [2.75, 3.05) is 12.4 Å².